The summed E-state index contributed by atoms with van der Waals surface area (Å²) >= 11 is 6.06. The smallest absolute Gasteiger partial charge is 0.227 e. The number of oxazole rings is 1. The Bertz CT molecular complexity index is 734. The lowest BCUT2D eigenvalue weighted by atomic mass is 10.1. The number of benzene rings is 2. The van der Waals surface area contributed by atoms with Crippen LogP contribution in [0.15, 0.2) is 40.8 Å². The molecule has 0 aliphatic heterocycles. The average Bonchev–Trinajstić information content (AvgIpc) is 2.78. The molecule has 0 saturated carbocycles. The molecule has 0 saturated heterocycles. The molecule has 0 aliphatic rings. The highest BCUT2D eigenvalue weighted by atomic mass is 35.5. The van der Waals surface area contributed by atoms with Gasteiger partial charge in [0.2, 0.25) is 5.89 Å². The van der Waals surface area contributed by atoms with Crippen LogP contribution >= 0.6 is 11.6 Å². The zero-order chi connectivity index (χ0) is 12.7. The highest BCUT2D eigenvalue weighted by Gasteiger charge is 2.10. The molecule has 3 aromatic rings. The van der Waals surface area contributed by atoms with Gasteiger partial charge in [0.05, 0.1) is 5.02 Å². The van der Waals surface area contributed by atoms with Crippen LogP contribution in [0.3, 0.4) is 0 Å². The summed E-state index contributed by atoms with van der Waals surface area (Å²) in [6.07, 6.45) is 0. The van der Waals surface area contributed by atoms with Crippen molar-refractivity contribution in [3.63, 3.8) is 0 Å². The van der Waals surface area contributed by atoms with Crippen molar-refractivity contribution in [1.29, 1.82) is 0 Å². The van der Waals surface area contributed by atoms with Crippen LogP contribution in [0.1, 0.15) is 5.56 Å². The van der Waals surface area contributed by atoms with Gasteiger partial charge in [0, 0.05) is 11.3 Å². The van der Waals surface area contributed by atoms with Crippen molar-refractivity contribution in [2.45, 2.75) is 6.92 Å². The number of hydrogen-bond acceptors (Lipinski definition) is 3. The van der Waals surface area contributed by atoms with Gasteiger partial charge in [-0.25, -0.2) is 4.98 Å². The number of aromatic nitrogens is 1. The third-order valence-corrected chi connectivity index (χ3v) is 3.18. The summed E-state index contributed by atoms with van der Waals surface area (Å²) in [5, 5.41) is 0.568. The van der Waals surface area contributed by atoms with E-state index in [0.717, 1.165) is 22.3 Å². The predicted molar refractivity (Wildman–Crippen MR) is 73.6 cm³/mol. The van der Waals surface area contributed by atoms with Gasteiger partial charge in [0.1, 0.15) is 5.52 Å². The van der Waals surface area contributed by atoms with E-state index in [1.807, 2.05) is 37.3 Å². The first-order chi connectivity index (χ1) is 8.65. The number of hydrogen-bond donors (Lipinski definition) is 1. The molecule has 4 heteroatoms. The number of fused-ring (bicyclic) bond motifs is 1. The van der Waals surface area contributed by atoms with Gasteiger partial charge in [0.15, 0.2) is 5.58 Å². The summed E-state index contributed by atoms with van der Waals surface area (Å²) in [4.78, 5) is 4.42. The van der Waals surface area contributed by atoms with E-state index in [1.54, 1.807) is 6.07 Å². The Morgan fingerprint density at radius 3 is 2.78 bits per heavy atom. The number of nitrogens with zero attached hydrogens (tertiary/aromatic N) is 1. The number of halogens is 1. The second kappa shape index (κ2) is 4.03. The van der Waals surface area contributed by atoms with Crippen molar-refractivity contribution < 1.29 is 4.42 Å². The molecule has 1 aromatic heterocycles. The maximum atomic E-state index is 6.06. The SMILES string of the molecule is Cc1cc(-c2nc3cccc(Cl)c3o2)ccc1N. The van der Waals surface area contributed by atoms with E-state index >= 15 is 0 Å². The van der Waals surface area contributed by atoms with Crippen LogP contribution in [-0.2, 0) is 0 Å². The highest BCUT2D eigenvalue weighted by Crippen LogP contribution is 2.30. The van der Waals surface area contributed by atoms with Crippen LogP contribution in [-0.4, -0.2) is 4.98 Å². The average molecular weight is 259 g/mol. The topological polar surface area (TPSA) is 52.0 Å². The molecular formula is C14H11ClN2O. The molecule has 90 valence electrons. The number of aryl methyl sites for hydroxylation is 1. The highest BCUT2D eigenvalue weighted by molar-refractivity contribution is 6.34. The van der Waals surface area contributed by atoms with Crippen molar-refractivity contribution in [2.75, 3.05) is 5.73 Å². The van der Waals surface area contributed by atoms with Gasteiger partial charge < -0.3 is 10.2 Å². The van der Waals surface area contributed by atoms with Crippen LogP contribution < -0.4 is 5.73 Å². The van der Waals surface area contributed by atoms with E-state index < -0.39 is 0 Å². The molecule has 0 unspecified atom stereocenters. The molecule has 0 fully saturated rings. The van der Waals surface area contributed by atoms with Gasteiger partial charge >= 0.3 is 0 Å². The Kier molecular flexibility index (Phi) is 2.49. The minimum absolute atomic E-state index is 0.557. The number of anilines is 1. The van der Waals surface area contributed by atoms with Crippen molar-refractivity contribution in [2.24, 2.45) is 0 Å². The normalized spacial score (nSPS) is 11.0. The van der Waals surface area contributed by atoms with Crippen LogP contribution in [0.25, 0.3) is 22.6 Å². The zero-order valence-corrected chi connectivity index (χ0v) is 10.5. The Morgan fingerprint density at radius 1 is 1.22 bits per heavy atom. The van der Waals surface area contributed by atoms with E-state index in [1.165, 1.54) is 0 Å². The first-order valence-electron chi connectivity index (χ1n) is 5.57. The fourth-order valence-electron chi connectivity index (χ4n) is 1.85. The first-order valence-corrected chi connectivity index (χ1v) is 5.94. The van der Waals surface area contributed by atoms with Crippen molar-refractivity contribution in [3.8, 4) is 11.5 Å². The Balaban J connectivity index is 2.19. The van der Waals surface area contributed by atoms with Crippen molar-refractivity contribution in [1.82, 2.24) is 4.98 Å². The van der Waals surface area contributed by atoms with Crippen molar-refractivity contribution >= 4 is 28.4 Å². The molecule has 2 aromatic carbocycles. The van der Waals surface area contributed by atoms with Crippen LogP contribution in [0.4, 0.5) is 5.69 Å². The fraction of sp³-hybridized carbons (Fsp3) is 0.0714. The second-order valence-electron chi connectivity index (χ2n) is 4.18. The zero-order valence-electron chi connectivity index (χ0n) is 9.77. The number of para-hydroxylation sites is 1. The monoisotopic (exact) mass is 258 g/mol. The van der Waals surface area contributed by atoms with Gasteiger partial charge in [-0.15, -0.1) is 0 Å². The third kappa shape index (κ3) is 1.73. The molecule has 2 N–H and O–H groups in total. The number of nitrogen functional groups attached to an aromatic ring is 1. The molecule has 0 spiro atoms. The summed E-state index contributed by atoms with van der Waals surface area (Å²) in [5.74, 6) is 0.557. The Labute approximate surface area is 109 Å². The summed E-state index contributed by atoms with van der Waals surface area (Å²) < 4.78 is 5.70. The van der Waals surface area contributed by atoms with Gasteiger partial charge in [-0.2, -0.15) is 0 Å². The molecule has 0 amide bonds. The lowest BCUT2D eigenvalue weighted by Gasteiger charge is -2.01. The molecule has 0 aliphatic carbocycles. The minimum atomic E-state index is 0.557. The van der Waals surface area contributed by atoms with Gasteiger partial charge in [0.25, 0.3) is 0 Å². The largest absolute Gasteiger partial charge is 0.435 e. The number of rotatable bonds is 1. The predicted octanol–water partition coefficient (Wildman–Crippen LogP) is 4.04. The first kappa shape index (κ1) is 11.1. The van der Waals surface area contributed by atoms with Crippen molar-refractivity contribution in [3.05, 3.63) is 47.0 Å². The number of nitrogens with two attached hydrogens (primary N) is 1. The van der Waals surface area contributed by atoms with E-state index in [-0.39, 0.29) is 0 Å². The van der Waals surface area contributed by atoms with E-state index in [0.29, 0.717) is 16.5 Å². The summed E-state index contributed by atoms with van der Waals surface area (Å²) in [6.45, 7) is 1.95. The molecular weight excluding hydrogens is 248 g/mol. The van der Waals surface area contributed by atoms with Crippen LogP contribution in [0, 0.1) is 6.92 Å². The van der Waals surface area contributed by atoms with Gasteiger partial charge in [-0.05, 0) is 42.8 Å². The molecule has 0 bridgehead atoms. The quantitative estimate of drug-likeness (QED) is 0.670. The molecule has 1 heterocycles. The van der Waals surface area contributed by atoms with Crippen LogP contribution in [0.5, 0.6) is 0 Å². The molecule has 18 heavy (non-hydrogen) atoms. The maximum absolute atomic E-state index is 6.06. The molecule has 3 rings (SSSR count). The fourth-order valence-corrected chi connectivity index (χ4v) is 2.06. The summed E-state index contributed by atoms with van der Waals surface area (Å²) in [5.41, 5.74) is 9.82. The van der Waals surface area contributed by atoms with Gasteiger partial charge in [-0.3, -0.25) is 0 Å². The standard InChI is InChI=1S/C14H11ClN2O/c1-8-7-9(5-6-11(8)16)14-17-12-4-2-3-10(15)13(12)18-14/h2-7H,16H2,1H3. The maximum Gasteiger partial charge on any atom is 0.227 e. The minimum Gasteiger partial charge on any atom is -0.435 e. The Hall–Kier alpha value is -2.00. The Morgan fingerprint density at radius 2 is 2.06 bits per heavy atom. The van der Waals surface area contributed by atoms with Gasteiger partial charge in [-0.1, -0.05) is 17.7 Å². The summed E-state index contributed by atoms with van der Waals surface area (Å²) in [6, 6.07) is 11.2. The third-order valence-electron chi connectivity index (χ3n) is 2.88. The van der Waals surface area contributed by atoms with E-state index in [9.17, 15) is 0 Å². The summed E-state index contributed by atoms with van der Waals surface area (Å²) in [7, 11) is 0. The second-order valence-corrected chi connectivity index (χ2v) is 4.59. The van der Waals surface area contributed by atoms with Crippen LogP contribution in [0.2, 0.25) is 5.02 Å². The lowest BCUT2D eigenvalue weighted by Crippen LogP contribution is -1.89. The molecule has 0 radical (unpaired) electrons. The van der Waals surface area contributed by atoms with E-state index in [2.05, 4.69) is 4.98 Å². The molecule has 0 atom stereocenters. The van der Waals surface area contributed by atoms with E-state index in [4.69, 9.17) is 21.8 Å². The lowest BCUT2D eigenvalue weighted by molar-refractivity contribution is 0.620. The molecule has 3 nitrogen and oxygen atoms in total.